The number of para-hydroxylation sites is 1. The van der Waals surface area contributed by atoms with E-state index in [-0.39, 0.29) is 23.0 Å². The molecule has 3 heterocycles. The maximum atomic E-state index is 13.1. The number of furan rings is 1. The van der Waals surface area contributed by atoms with Gasteiger partial charge < -0.3 is 14.3 Å². The summed E-state index contributed by atoms with van der Waals surface area (Å²) < 4.78 is 34.3. The highest BCUT2D eigenvalue weighted by molar-refractivity contribution is 7.92. The molecule has 1 aromatic carbocycles. The van der Waals surface area contributed by atoms with Gasteiger partial charge in [-0.1, -0.05) is 18.2 Å². The summed E-state index contributed by atoms with van der Waals surface area (Å²) in [4.78, 5) is 12.5. The number of carbonyl (C=O) groups excluding carboxylic acids is 1. The normalized spacial score (nSPS) is 13.6. The van der Waals surface area contributed by atoms with Gasteiger partial charge in [0, 0.05) is 19.8 Å². The third-order valence-electron chi connectivity index (χ3n) is 4.65. The van der Waals surface area contributed by atoms with Crippen molar-refractivity contribution in [3.8, 4) is 0 Å². The molecule has 1 aliphatic rings. The fourth-order valence-corrected chi connectivity index (χ4v) is 4.83. The lowest BCUT2D eigenvalue weighted by atomic mass is 10.2. The Kier molecular flexibility index (Phi) is 4.27. The van der Waals surface area contributed by atoms with Gasteiger partial charge in [-0.25, -0.2) is 8.42 Å². The predicted molar refractivity (Wildman–Crippen MR) is 100.0 cm³/mol. The summed E-state index contributed by atoms with van der Waals surface area (Å²) >= 11 is 0. The van der Waals surface area contributed by atoms with E-state index in [1.807, 2.05) is 18.2 Å². The molecule has 0 fully saturated rings. The number of carbonyl (C=O) groups is 1. The SMILES string of the molecule is Cn1cc(S(=O)(=O)N2CCc3ccccc32)cc1C(=O)NCc1ccco1. The molecule has 4 rings (SSSR count). The third kappa shape index (κ3) is 3.12. The van der Waals surface area contributed by atoms with Gasteiger partial charge in [0.15, 0.2) is 0 Å². The molecule has 0 aliphatic carbocycles. The molecule has 0 saturated carbocycles. The van der Waals surface area contributed by atoms with Crippen molar-refractivity contribution in [2.45, 2.75) is 17.9 Å². The molecule has 0 spiro atoms. The van der Waals surface area contributed by atoms with E-state index >= 15 is 0 Å². The molecule has 0 bridgehead atoms. The molecule has 140 valence electrons. The minimum atomic E-state index is -3.73. The summed E-state index contributed by atoms with van der Waals surface area (Å²) in [5.41, 5.74) is 1.98. The van der Waals surface area contributed by atoms with Gasteiger partial charge in [0.05, 0.1) is 18.5 Å². The lowest BCUT2D eigenvalue weighted by Gasteiger charge is -2.18. The van der Waals surface area contributed by atoms with Crippen LogP contribution in [0.1, 0.15) is 21.8 Å². The van der Waals surface area contributed by atoms with Crippen molar-refractivity contribution in [1.29, 1.82) is 0 Å². The molecule has 0 saturated heterocycles. The Bertz CT molecular complexity index is 1080. The molecule has 8 heteroatoms. The first kappa shape index (κ1) is 17.4. The summed E-state index contributed by atoms with van der Waals surface area (Å²) in [5.74, 6) is 0.260. The second kappa shape index (κ2) is 6.62. The van der Waals surface area contributed by atoms with Gasteiger partial charge >= 0.3 is 0 Å². The Hall–Kier alpha value is -3.00. The van der Waals surface area contributed by atoms with Crippen LogP contribution in [-0.2, 0) is 30.0 Å². The van der Waals surface area contributed by atoms with Crippen LogP contribution in [0.3, 0.4) is 0 Å². The number of sulfonamides is 1. The topological polar surface area (TPSA) is 84.5 Å². The largest absolute Gasteiger partial charge is 0.467 e. The van der Waals surface area contributed by atoms with Gasteiger partial charge in [-0.15, -0.1) is 0 Å². The summed E-state index contributed by atoms with van der Waals surface area (Å²) in [6, 6.07) is 12.4. The van der Waals surface area contributed by atoms with Gasteiger partial charge in [-0.05, 0) is 36.2 Å². The van der Waals surface area contributed by atoms with Crippen LogP contribution in [-0.4, -0.2) is 25.4 Å². The Balaban J connectivity index is 1.58. The van der Waals surface area contributed by atoms with Crippen LogP contribution < -0.4 is 9.62 Å². The maximum absolute atomic E-state index is 13.1. The van der Waals surface area contributed by atoms with Crippen LogP contribution in [0.15, 0.2) is 64.2 Å². The van der Waals surface area contributed by atoms with E-state index in [1.165, 1.54) is 27.4 Å². The molecule has 1 aliphatic heterocycles. The quantitative estimate of drug-likeness (QED) is 0.730. The fourth-order valence-electron chi connectivity index (χ4n) is 3.26. The number of hydrogen-bond acceptors (Lipinski definition) is 4. The van der Waals surface area contributed by atoms with Crippen molar-refractivity contribution in [2.75, 3.05) is 10.8 Å². The molecule has 27 heavy (non-hydrogen) atoms. The molecule has 0 unspecified atom stereocenters. The van der Waals surface area contributed by atoms with Crippen molar-refractivity contribution in [2.24, 2.45) is 7.05 Å². The number of fused-ring (bicyclic) bond motifs is 1. The summed E-state index contributed by atoms with van der Waals surface area (Å²) in [7, 11) is -2.08. The fraction of sp³-hybridized carbons (Fsp3) is 0.211. The number of aryl methyl sites for hydroxylation is 1. The first-order valence-electron chi connectivity index (χ1n) is 8.54. The molecule has 2 aromatic heterocycles. The molecule has 1 amide bonds. The molecular weight excluding hydrogens is 366 g/mol. The van der Waals surface area contributed by atoms with E-state index in [1.54, 1.807) is 25.2 Å². The lowest BCUT2D eigenvalue weighted by Crippen LogP contribution is -2.28. The van der Waals surface area contributed by atoms with Crippen molar-refractivity contribution in [3.63, 3.8) is 0 Å². The second-order valence-electron chi connectivity index (χ2n) is 6.39. The average molecular weight is 385 g/mol. The first-order valence-corrected chi connectivity index (χ1v) is 9.98. The zero-order valence-corrected chi connectivity index (χ0v) is 15.6. The standard InChI is InChI=1S/C19H19N3O4S/c1-21-13-16(11-18(21)19(23)20-12-15-6-4-10-26-15)27(24,25)22-9-8-14-5-2-3-7-17(14)22/h2-7,10-11,13H,8-9,12H2,1H3,(H,20,23). The van der Waals surface area contributed by atoms with Crippen molar-refractivity contribution < 1.29 is 17.6 Å². The molecule has 1 N–H and O–H groups in total. The number of anilines is 1. The number of hydrogen-bond donors (Lipinski definition) is 1. The monoisotopic (exact) mass is 385 g/mol. The smallest absolute Gasteiger partial charge is 0.268 e. The van der Waals surface area contributed by atoms with E-state index in [0.717, 1.165) is 5.56 Å². The zero-order valence-electron chi connectivity index (χ0n) is 14.8. The number of nitrogens with one attached hydrogen (secondary N) is 1. The van der Waals surface area contributed by atoms with Crippen LogP contribution >= 0.6 is 0 Å². The van der Waals surface area contributed by atoms with Crippen molar-refractivity contribution >= 4 is 21.6 Å². The van der Waals surface area contributed by atoms with Gasteiger partial charge in [0.1, 0.15) is 16.3 Å². The van der Waals surface area contributed by atoms with Gasteiger partial charge in [0.2, 0.25) is 0 Å². The molecular formula is C19H19N3O4S. The van der Waals surface area contributed by atoms with Crippen LogP contribution in [0.5, 0.6) is 0 Å². The minimum Gasteiger partial charge on any atom is -0.467 e. The second-order valence-corrected chi connectivity index (χ2v) is 8.25. The highest BCUT2D eigenvalue weighted by Crippen LogP contribution is 2.33. The number of aromatic nitrogens is 1. The van der Waals surface area contributed by atoms with E-state index in [4.69, 9.17) is 4.42 Å². The lowest BCUT2D eigenvalue weighted by molar-refractivity contribution is 0.0940. The van der Waals surface area contributed by atoms with Crippen LogP contribution in [0.2, 0.25) is 0 Å². The molecule has 0 atom stereocenters. The van der Waals surface area contributed by atoms with Gasteiger partial charge in [0.25, 0.3) is 15.9 Å². The average Bonchev–Trinajstić information content (AvgIpc) is 3.39. The van der Waals surface area contributed by atoms with Gasteiger partial charge in [-0.2, -0.15) is 0 Å². The van der Waals surface area contributed by atoms with E-state index in [9.17, 15) is 13.2 Å². The number of nitrogens with zero attached hydrogens (tertiary/aromatic N) is 2. The minimum absolute atomic E-state index is 0.102. The summed E-state index contributed by atoms with van der Waals surface area (Å²) in [6.45, 7) is 0.634. The zero-order chi connectivity index (χ0) is 19.0. The first-order chi connectivity index (χ1) is 13.0. The van der Waals surface area contributed by atoms with E-state index < -0.39 is 10.0 Å². The van der Waals surface area contributed by atoms with Crippen molar-refractivity contribution in [3.05, 3.63) is 71.9 Å². The Morgan fingerprint density at radius 2 is 2.04 bits per heavy atom. The third-order valence-corrected chi connectivity index (χ3v) is 6.43. The summed E-state index contributed by atoms with van der Waals surface area (Å²) in [6.07, 6.45) is 3.68. The van der Waals surface area contributed by atoms with Gasteiger partial charge in [-0.3, -0.25) is 9.10 Å². The Morgan fingerprint density at radius 3 is 2.81 bits per heavy atom. The molecule has 7 nitrogen and oxygen atoms in total. The maximum Gasteiger partial charge on any atom is 0.268 e. The number of amides is 1. The molecule has 3 aromatic rings. The highest BCUT2D eigenvalue weighted by atomic mass is 32.2. The Labute approximate surface area is 157 Å². The number of rotatable bonds is 5. The highest BCUT2D eigenvalue weighted by Gasteiger charge is 2.32. The Morgan fingerprint density at radius 1 is 1.22 bits per heavy atom. The van der Waals surface area contributed by atoms with Crippen LogP contribution in [0.4, 0.5) is 5.69 Å². The van der Waals surface area contributed by atoms with Crippen LogP contribution in [0.25, 0.3) is 0 Å². The van der Waals surface area contributed by atoms with E-state index in [0.29, 0.717) is 24.4 Å². The molecule has 0 radical (unpaired) electrons. The van der Waals surface area contributed by atoms with Crippen molar-refractivity contribution in [1.82, 2.24) is 9.88 Å². The van der Waals surface area contributed by atoms with E-state index in [2.05, 4.69) is 5.32 Å². The number of benzene rings is 1. The summed E-state index contributed by atoms with van der Waals surface area (Å²) in [5, 5.41) is 2.73. The van der Waals surface area contributed by atoms with Crippen LogP contribution in [0, 0.1) is 0 Å². The predicted octanol–water partition coefficient (Wildman–Crippen LogP) is 2.30.